The van der Waals surface area contributed by atoms with Crippen LogP contribution in [0.5, 0.6) is 0 Å². The SMILES string of the molecule is [F][Ti][N]1CCNCCNCCNCC1. The third kappa shape index (κ3) is 6.06. The van der Waals surface area contributed by atoms with Gasteiger partial charge in [0.1, 0.15) is 0 Å². The molecule has 1 saturated heterocycles. The number of rotatable bonds is 1. The van der Waals surface area contributed by atoms with E-state index in [-0.39, 0.29) is 0 Å². The van der Waals surface area contributed by atoms with Gasteiger partial charge in [-0.15, -0.1) is 0 Å². The van der Waals surface area contributed by atoms with Crippen molar-refractivity contribution >= 4 is 0 Å². The van der Waals surface area contributed by atoms with Gasteiger partial charge in [0.2, 0.25) is 0 Å². The molecule has 1 aliphatic rings. The Kier molecular flexibility index (Phi) is 7.86. The molecule has 0 aromatic rings. The molecule has 0 bridgehead atoms. The molecule has 0 unspecified atom stereocenters. The minimum absolute atomic E-state index is 0.845. The molecule has 0 spiro atoms. The number of halogens is 1. The molecule has 0 aromatic carbocycles. The molecule has 0 atom stereocenters. The minimum atomic E-state index is -1.37. The zero-order chi connectivity index (χ0) is 10.1. The van der Waals surface area contributed by atoms with E-state index in [9.17, 15) is 3.09 Å². The molecule has 0 radical (unpaired) electrons. The summed E-state index contributed by atoms with van der Waals surface area (Å²) in [5.74, 6) is 0. The Morgan fingerprint density at radius 1 is 0.786 bits per heavy atom. The molecular formula is C8H19FN4Ti. The van der Waals surface area contributed by atoms with Crippen LogP contribution in [-0.2, 0) is 19.9 Å². The van der Waals surface area contributed by atoms with Crippen molar-refractivity contribution < 1.29 is 23.0 Å². The fraction of sp³-hybridized carbons (Fsp3) is 1.00. The monoisotopic (exact) mass is 238 g/mol. The first-order chi connectivity index (χ1) is 6.93. The third-order valence-electron chi connectivity index (χ3n) is 2.19. The van der Waals surface area contributed by atoms with Gasteiger partial charge in [-0.2, -0.15) is 0 Å². The van der Waals surface area contributed by atoms with Gasteiger partial charge in [0, 0.05) is 0 Å². The van der Waals surface area contributed by atoms with Crippen LogP contribution in [0.25, 0.3) is 0 Å². The zero-order valence-corrected chi connectivity index (χ0v) is 10.0. The van der Waals surface area contributed by atoms with E-state index in [4.69, 9.17) is 0 Å². The van der Waals surface area contributed by atoms with Crippen molar-refractivity contribution in [2.24, 2.45) is 0 Å². The van der Waals surface area contributed by atoms with Crippen molar-refractivity contribution in [2.45, 2.75) is 0 Å². The Morgan fingerprint density at radius 2 is 1.21 bits per heavy atom. The summed E-state index contributed by atoms with van der Waals surface area (Å²) in [4.78, 5) is 0. The second-order valence-electron chi connectivity index (χ2n) is 3.32. The van der Waals surface area contributed by atoms with Crippen LogP contribution in [0.3, 0.4) is 0 Å². The van der Waals surface area contributed by atoms with Gasteiger partial charge in [0.05, 0.1) is 0 Å². The predicted molar refractivity (Wildman–Crippen MR) is 51.3 cm³/mol. The van der Waals surface area contributed by atoms with Gasteiger partial charge in [-0.1, -0.05) is 0 Å². The summed E-state index contributed by atoms with van der Waals surface area (Å²) in [5.41, 5.74) is 0. The molecule has 14 heavy (non-hydrogen) atoms. The average Bonchev–Trinajstić information content (AvgIpc) is 2.19. The van der Waals surface area contributed by atoms with Gasteiger partial charge in [0.15, 0.2) is 0 Å². The van der Waals surface area contributed by atoms with E-state index < -0.39 is 19.9 Å². The first kappa shape index (κ1) is 12.6. The maximum atomic E-state index is 12.6. The number of hydrogen-bond acceptors (Lipinski definition) is 4. The quantitative estimate of drug-likeness (QED) is 0.510. The zero-order valence-electron chi connectivity index (χ0n) is 8.48. The molecule has 0 saturated carbocycles. The molecule has 4 nitrogen and oxygen atoms in total. The third-order valence-corrected chi connectivity index (χ3v) is 3.27. The van der Waals surface area contributed by atoms with Gasteiger partial charge in [0.25, 0.3) is 0 Å². The fourth-order valence-corrected chi connectivity index (χ4v) is 1.97. The summed E-state index contributed by atoms with van der Waals surface area (Å²) >= 11 is -1.37. The van der Waals surface area contributed by atoms with Crippen molar-refractivity contribution in [1.29, 1.82) is 0 Å². The fourth-order valence-electron chi connectivity index (χ4n) is 1.35. The van der Waals surface area contributed by atoms with E-state index in [1.165, 1.54) is 0 Å². The normalized spacial score (nSPS) is 23.5. The summed E-state index contributed by atoms with van der Waals surface area (Å²) in [6.07, 6.45) is 0. The van der Waals surface area contributed by atoms with Crippen molar-refractivity contribution in [2.75, 3.05) is 52.4 Å². The molecule has 1 heterocycles. The summed E-state index contributed by atoms with van der Waals surface area (Å²) in [6, 6.07) is 0. The van der Waals surface area contributed by atoms with Crippen LogP contribution in [0.2, 0.25) is 0 Å². The van der Waals surface area contributed by atoms with Gasteiger partial charge >= 0.3 is 94.7 Å². The molecular weight excluding hydrogens is 219 g/mol. The Balaban J connectivity index is 2.17. The topological polar surface area (TPSA) is 39.3 Å². The molecule has 1 aliphatic heterocycles. The van der Waals surface area contributed by atoms with E-state index in [1.54, 1.807) is 0 Å². The Morgan fingerprint density at radius 3 is 1.64 bits per heavy atom. The standard InChI is InChI=1S/C8H19N4.FH.Ti/c1-2-10-5-6-12-8-7-11-4-3-9-1;;/h9-11H,1-8H2;1H;/q-1;;+2/p-1. The molecule has 0 aromatic heterocycles. The van der Waals surface area contributed by atoms with Crippen LogP contribution < -0.4 is 16.0 Å². The molecule has 6 heteroatoms. The van der Waals surface area contributed by atoms with Crippen LogP contribution in [0.1, 0.15) is 0 Å². The predicted octanol–water partition coefficient (Wildman–Crippen LogP) is -1.05. The number of nitrogens with one attached hydrogen (secondary N) is 3. The average molecular weight is 238 g/mol. The Hall–Kier alpha value is 0.484. The van der Waals surface area contributed by atoms with Crippen LogP contribution in [0.15, 0.2) is 0 Å². The first-order valence-corrected chi connectivity index (χ1v) is 6.45. The van der Waals surface area contributed by atoms with E-state index in [0.717, 1.165) is 52.4 Å². The molecule has 82 valence electrons. The maximum absolute atomic E-state index is 12.6. The van der Waals surface area contributed by atoms with Crippen LogP contribution in [-0.4, -0.2) is 55.7 Å². The summed E-state index contributed by atoms with van der Waals surface area (Å²) in [5, 5.41) is 9.92. The van der Waals surface area contributed by atoms with Crippen molar-refractivity contribution in [3.8, 4) is 0 Å². The van der Waals surface area contributed by atoms with Gasteiger partial charge < -0.3 is 0 Å². The van der Waals surface area contributed by atoms with E-state index >= 15 is 0 Å². The van der Waals surface area contributed by atoms with Gasteiger partial charge in [-0.25, -0.2) is 0 Å². The molecule has 3 N–H and O–H groups in total. The van der Waals surface area contributed by atoms with Crippen LogP contribution in [0.4, 0.5) is 3.09 Å². The Bertz CT molecular complexity index is 127. The second kappa shape index (κ2) is 8.77. The molecule has 0 amide bonds. The van der Waals surface area contributed by atoms with Crippen molar-refractivity contribution in [3.05, 3.63) is 0 Å². The van der Waals surface area contributed by atoms with Crippen LogP contribution in [0, 0.1) is 0 Å². The van der Waals surface area contributed by atoms with Gasteiger partial charge in [-0.05, 0) is 0 Å². The molecule has 1 rings (SSSR count). The van der Waals surface area contributed by atoms with Crippen molar-refractivity contribution in [3.63, 3.8) is 0 Å². The summed E-state index contributed by atoms with van der Waals surface area (Å²) in [7, 11) is 0. The molecule has 0 aliphatic carbocycles. The van der Waals surface area contributed by atoms with Crippen molar-refractivity contribution in [1.82, 2.24) is 19.3 Å². The van der Waals surface area contributed by atoms with E-state index in [1.807, 2.05) is 3.38 Å². The second-order valence-corrected chi connectivity index (χ2v) is 4.57. The van der Waals surface area contributed by atoms with E-state index in [2.05, 4.69) is 16.0 Å². The Labute approximate surface area is 94.9 Å². The summed E-state index contributed by atoms with van der Waals surface area (Å²) in [6.45, 7) is 7.42. The molecule has 1 fully saturated rings. The number of nitrogens with zero attached hydrogens (tertiary/aromatic N) is 1. The first-order valence-electron chi connectivity index (χ1n) is 5.17. The number of hydrogen-bond donors (Lipinski definition) is 3. The van der Waals surface area contributed by atoms with Crippen LogP contribution >= 0.6 is 0 Å². The van der Waals surface area contributed by atoms with E-state index in [0.29, 0.717) is 0 Å². The summed E-state index contributed by atoms with van der Waals surface area (Å²) < 4.78 is 14.5. The van der Waals surface area contributed by atoms with Gasteiger partial charge in [-0.3, -0.25) is 0 Å².